The summed E-state index contributed by atoms with van der Waals surface area (Å²) in [6.45, 7) is 18.7. The number of aryl methyl sites for hydroxylation is 1. The minimum Gasteiger partial charge on any atom is -0.466 e. The van der Waals surface area contributed by atoms with Crippen LogP contribution in [-0.2, 0) is 25.5 Å². The highest BCUT2D eigenvalue weighted by Crippen LogP contribution is 2.67. The molecule has 0 saturated carbocycles. The van der Waals surface area contributed by atoms with Crippen LogP contribution < -0.4 is 0 Å². The van der Waals surface area contributed by atoms with Gasteiger partial charge >= 0.3 is 5.97 Å². The van der Waals surface area contributed by atoms with Crippen molar-refractivity contribution in [2.75, 3.05) is 7.11 Å². The number of carbonyl (C=O) groups excluding carboxylic acids is 3. The molecule has 35 heavy (non-hydrogen) atoms. The molecule has 0 amide bonds. The van der Waals surface area contributed by atoms with Crippen molar-refractivity contribution in [2.45, 2.75) is 67.7 Å². The van der Waals surface area contributed by atoms with Crippen molar-refractivity contribution in [1.82, 2.24) is 0 Å². The summed E-state index contributed by atoms with van der Waals surface area (Å²) in [6.07, 6.45) is 5.60. The molecule has 0 unspecified atom stereocenters. The van der Waals surface area contributed by atoms with Gasteiger partial charge in [-0.1, -0.05) is 43.7 Å². The second-order valence-electron chi connectivity index (χ2n) is 11.5. The average molecular weight is 473 g/mol. The van der Waals surface area contributed by atoms with E-state index in [-0.39, 0.29) is 28.4 Å². The first-order valence-corrected chi connectivity index (χ1v) is 12.3. The molecule has 3 atom stereocenters. The number of ether oxygens (including phenoxy) is 1. The summed E-state index contributed by atoms with van der Waals surface area (Å²) in [4.78, 5) is 38.3. The minimum atomic E-state index is -0.765. The van der Waals surface area contributed by atoms with Gasteiger partial charge in [0.1, 0.15) is 0 Å². The molecular formula is C31H36O4. The Morgan fingerprint density at radius 1 is 1.09 bits per heavy atom. The molecule has 3 aliphatic carbocycles. The van der Waals surface area contributed by atoms with Crippen LogP contribution in [0, 0.1) is 23.2 Å². The maximum absolute atomic E-state index is 14.0. The van der Waals surface area contributed by atoms with Crippen molar-refractivity contribution in [3.05, 3.63) is 69.3 Å². The first-order valence-electron chi connectivity index (χ1n) is 12.3. The summed E-state index contributed by atoms with van der Waals surface area (Å²) >= 11 is 0. The average Bonchev–Trinajstić information content (AvgIpc) is 2.74. The van der Waals surface area contributed by atoms with E-state index in [4.69, 9.17) is 4.74 Å². The minimum absolute atomic E-state index is 0.0478. The second kappa shape index (κ2) is 8.01. The highest BCUT2D eigenvalue weighted by molar-refractivity contribution is 6.23. The summed E-state index contributed by atoms with van der Waals surface area (Å²) in [5, 5.41) is 0. The van der Waals surface area contributed by atoms with Crippen LogP contribution in [0.25, 0.3) is 11.6 Å². The van der Waals surface area contributed by atoms with Crippen LogP contribution in [0.2, 0.25) is 0 Å². The van der Waals surface area contributed by atoms with Gasteiger partial charge in [0.05, 0.1) is 18.1 Å². The Kier molecular flexibility index (Phi) is 5.74. The van der Waals surface area contributed by atoms with E-state index in [1.54, 1.807) is 0 Å². The van der Waals surface area contributed by atoms with Crippen LogP contribution in [-0.4, -0.2) is 24.6 Å². The van der Waals surface area contributed by atoms with E-state index in [1.807, 2.05) is 19.9 Å². The molecule has 0 fully saturated rings. The van der Waals surface area contributed by atoms with Crippen molar-refractivity contribution in [3.63, 3.8) is 0 Å². The largest absolute Gasteiger partial charge is 0.466 e. The van der Waals surface area contributed by atoms with E-state index < -0.39 is 5.41 Å². The molecule has 0 spiro atoms. The van der Waals surface area contributed by atoms with Crippen molar-refractivity contribution in [3.8, 4) is 0 Å². The first kappa shape index (κ1) is 25.1. The lowest BCUT2D eigenvalue weighted by Gasteiger charge is -2.60. The molecule has 1 aromatic rings. The molecule has 0 radical (unpaired) electrons. The lowest BCUT2D eigenvalue weighted by atomic mass is 9.42. The fraction of sp³-hybridized carbons (Fsp3) is 0.452. The molecule has 0 saturated heterocycles. The highest BCUT2D eigenvalue weighted by Gasteiger charge is 2.62. The van der Waals surface area contributed by atoms with Gasteiger partial charge in [-0.15, -0.1) is 0 Å². The number of esters is 1. The Morgan fingerprint density at radius 3 is 2.34 bits per heavy atom. The molecule has 0 aliphatic heterocycles. The number of carbonyl (C=O) groups is 3. The molecule has 4 nitrogen and oxygen atoms in total. The number of ketones is 2. The number of fused-ring (bicyclic) bond motifs is 3. The topological polar surface area (TPSA) is 60.4 Å². The zero-order chi connectivity index (χ0) is 26.1. The first-order chi connectivity index (χ1) is 16.2. The van der Waals surface area contributed by atoms with Gasteiger partial charge in [0, 0.05) is 6.08 Å². The SMILES string of the molecule is C=C1C2=C(C)[C@@]3(C)C(=O)C(C(C)=O)=C(C)C[C@@]3(C)C[C@@]2(C)Cc2c(/C=C/C(=O)OC)ccc(C)c21. The Morgan fingerprint density at radius 2 is 1.74 bits per heavy atom. The number of hydrogen-bond acceptors (Lipinski definition) is 4. The third kappa shape index (κ3) is 3.36. The van der Waals surface area contributed by atoms with Crippen molar-refractivity contribution in [2.24, 2.45) is 16.2 Å². The number of allylic oxidation sites excluding steroid dienone is 5. The van der Waals surface area contributed by atoms with Gasteiger partial charge in [-0.3, -0.25) is 9.59 Å². The number of rotatable bonds is 3. The quantitative estimate of drug-likeness (QED) is 0.291. The molecule has 184 valence electrons. The summed E-state index contributed by atoms with van der Waals surface area (Å²) < 4.78 is 4.80. The molecule has 1 aromatic carbocycles. The number of benzene rings is 1. The van der Waals surface area contributed by atoms with Crippen LogP contribution in [0.1, 0.15) is 76.6 Å². The Labute approximate surface area is 208 Å². The van der Waals surface area contributed by atoms with E-state index in [2.05, 4.69) is 46.4 Å². The molecule has 0 N–H and O–H groups in total. The monoisotopic (exact) mass is 472 g/mol. The second-order valence-corrected chi connectivity index (χ2v) is 11.5. The van der Waals surface area contributed by atoms with Gasteiger partial charge in [-0.05, 0) is 104 Å². The van der Waals surface area contributed by atoms with Crippen LogP contribution in [0.15, 0.2) is 47.1 Å². The summed E-state index contributed by atoms with van der Waals surface area (Å²) in [7, 11) is 1.37. The van der Waals surface area contributed by atoms with Gasteiger partial charge < -0.3 is 4.74 Å². The predicted molar refractivity (Wildman–Crippen MR) is 140 cm³/mol. The normalized spacial score (nSPS) is 30.3. The molecular weight excluding hydrogens is 436 g/mol. The van der Waals surface area contributed by atoms with Crippen LogP contribution in [0.5, 0.6) is 0 Å². The fourth-order valence-corrected chi connectivity index (χ4v) is 7.57. The summed E-state index contributed by atoms with van der Waals surface area (Å²) in [6, 6.07) is 4.11. The van der Waals surface area contributed by atoms with Gasteiger partial charge in [0.25, 0.3) is 0 Å². The number of methoxy groups -OCH3 is 1. The summed E-state index contributed by atoms with van der Waals surface area (Å²) in [5.74, 6) is -0.581. The summed E-state index contributed by atoms with van der Waals surface area (Å²) in [5.41, 5.74) is 7.49. The maximum Gasteiger partial charge on any atom is 0.330 e. The third-order valence-corrected chi connectivity index (χ3v) is 9.16. The van der Waals surface area contributed by atoms with E-state index in [9.17, 15) is 14.4 Å². The standard InChI is InChI=1S/C31H36O4/c1-17-10-11-22(12-13-24(33)35-9)23-15-29(6)16-30(7)14-18(2)26(21(5)32)28(34)31(30,8)20(4)27(29)19(3)25(17)23/h10-13H,3,14-16H2,1-2,4-9H3/b13-12+/t29-,30+,31+/m1/s1. The Balaban J connectivity index is 1.97. The lowest BCUT2D eigenvalue weighted by molar-refractivity contribution is -0.135. The molecule has 0 heterocycles. The van der Waals surface area contributed by atoms with Gasteiger partial charge in [0.15, 0.2) is 11.6 Å². The lowest BCUT2D eigenvalue weighted by Crippen LogP contribution is -2.56. The molecule has 4 heteroatoms. The third-order valence-electron chi connectivity index (χ3n) is 9.16. The van der Waals surface area contributed by atoms with Crippen LogP contribution >= 0.6 is 0 Å². The fourth-order valence-electron chi connectivity index (χ4n) is 7.57. The number of Topliss-reactive ketones (excluding diaryl/α,β-unsaturated/α-hetero) is 2. The smallest absolute Gasteiger partial charge is 0.330 e. The van der Waals surface area contributed by atoms with Crippen molar-refractivity contribution in [1.29, 1.82) is 0 Å². The van der Waals surface area contributed by atoms with E-state index in [1.165, 1.54) is 25.7 Å². The van der Waals surface area contributed by atoms with Crippen LogP contribution in [0.3, 0.4) is 0 Å². The predicted octanol–water partition coefficient (Wildman–Crippen LogP) is 6.37. The van der Waals surface area contributed by atoms with Gasteiger partial charge in [-0.25, -0.2) is 4.79 Å². The van der Waals surface area contributed by atoms with Gasteiger partial charge in [0.2, 0.25) is 0 Å². The Bertz CT molecular complexity index is 1300. The molecule has 4 rings (SSSR count). The zero-order valence-corrected chi connectivity index (χ0v) is 22.3. The van der Waals surface area contributed by atoms with E-state index in [0.29, 0.717) is 12.0 Å². The zero-order valence-electron chi connectivity index (χ0n) is 22.3. The Hall–Kier alpha value is -3.01. The number of hydrogen-bond donors (Lipinski definition) is 0. The van der Waals surface area contributed by atoms with Crippen molar-refractivity contribution < 1.29 is 19.1 Å². The maximum atomic E-state index is 14.0. The molecule has 0 bridgehead atoms. The highest BCUT2D eigenvalue weighted by atomic mass is 16.5. The van der Waals surface area contributed by atoms with E-state index >= 15 is 0 Å². The van der Waals surface area contributed by atoms with Crippen molar-refractivity contribution >= 4 is 29.2 Å². The molecule has 0 aromatic heterocycles. The molecule has 3 aliphatic rings. The van der Waals surface area contributed by atoms with E-state index in [0.717, 1.165) is 51.8 Å². The van der Waals surface area contributed by atoms with Gasteiger partial charge in [-0.2, -0.15) is 0 Å². The van der Waals surface area contributed by atoms with Crippen LogP contribution in [0.4, 0.5) is 0 Å².